The molecule has 0 aliphatic carbocycles. The van der Waals surface area contributed by atoms with Gasteiger partial charge < -0.3 is 24.4 Å². The Morgan fingerprint density at radius 2 is 1.72 bits per heavy atom. The molecule has 1 aliphatic rings. The van der Waals surface area contributed by atoms with Crippen LogP contribution in [0, 0.1) is 0 Å². The fourth-order valence-corrected chi connectivity index (χ4v) is 3.49. The average molecular weight is 453 g/mol. The zero-order valence-corrected chi connectivity index (χ0v) is 18.3. The molecule has 7 nitrogen and oxygen atoms in total. The summed E-state index contributed by atoms with van der Waals surface area (Å²) in [5, 5.41) is 3.48. The van der Waals surface area contributed by atoms with E-state index in [4.69, 9.17) is 25.8 Å². The molecule has 3 aromatic rings. The first-order valence-corrected chi connectivity index (χ1v) is 10.2. The van der Waals surface area contributed by atoms with Gasteiger partial charge in [0.15, 0.2) is 6.61 Å². The number of hydrogen-bond donors (Lipinski definition) is 1. The lowest BCUT2D eigenvalue weighted by molar-refractivity contribution is -0.121. The first-order chi connectivity index (χ1) is 15.5. The number of carbonyl (C=O) groups excluding carboxylic acids is 2. The van der Waals surface area contributed by atoms with Crippen LogP contribution < -0.4 is 24.4 Å². The number of rotatable bonds is 6. The molecule has 1 N–H and O–H groups in total. The maximum absolute atomic E-state index is 12.8. The number of ether oxygens (including phenoxy) is 3. The van der Waals surface area contributed by atoms with Gasteiger partial charge >= 0.3 is 0 Å². The fraction of sp³-hybridized carbons (Fsp3) is 0.167. The highest BCUT2D eigenvalue weighted by atomic mass is 35.5. The number of nitrogens with one attached hydrogen (secondary N) is 1. The Morgan fingerprint density at radius 1 is 1.03 bits per heavy atom. The van der Waals surface area contributed by atoms with E-state index in [1.807, 2.05) is 12.1 Å². The first kappa shape index (κ1) is 21.5. The van der Waals surface area contributed by atoms with Crippen molar-refractivity contribution in [3.8, 4) is 17.2 Å². The number of anilines is 2. The first-order valence-electron chi connectivity index (χ1n) is 9.83. The van der Waals surface area contributed by atoms with Crippen molar-refractivity contribution >= 4 is 34.8 Å². The van der Waals surface area contributed by atoms with Gasteiger partial charge in [0.2, 0.25) is 0 Å². The van der Waals surface area contributed by atoms with Crippen LogP contribution >= 0.6 is 11.6 Å². The average Bonchev–Trinajstić information content (AvgIpc) is 2.81. The van der Waals surface area contributed by atoms with Crippen LogP contribution in [-0.4, -0.2) is 32.6 Å². The van der Waals surface area contributed by atoms with Crippen LogP contribution in [0.15, 0.2) is 60.7 Å². The third-order valence-electron chi connectivity index (χ3n) is 5.03. The molecule has 164 valence electrons. The molecule has 0 radical (unpaired) electrons. The number of methoxy groups -OCH3 is 2. The summed E-state index contributed by atoms with van der Waals surface area (Å²) in [4.78, 5) is 27.1. The maximum atomic E-state index is 12.8. The Labute approximate surface area is 190 Å². The molecule has 0 spiro atoms. The Hall–Kier alpha value is -3.71. The third kappa shape index (κ3) is 4.63. The minimum absolute atomic E-state index is 0.0457. The zero-order valence-electron chi connectivity index (χ0n) is 17.6. The quantitative estimate of drug-likeness (QED) is 0.594. The number of nitrogens with zero attached hydrogens (tertiary/aromatic N) is 1. The molecule has 1 heterocycles. The number of carbonyl (C=O) groups is 2. The van der Waals surface area contributed by atoms with E-state index < -0.39 is 0 Å². The van der Waals surface area contributed by atoms with Gasteiger partial charge in [-0.3, -0.25) is 9.59 Å². The van der Waals surface area contributed by atoms with Crippen molar-refractivity contribution in [1.29, 1.82) is 0 Å². The summed E-state index contributed by atoms with van der Waals surface area (Å²) in [5.74, 6) is 1.07. The van der Waals surface area contributed by atoms with E-state index in [-0.39, 0.29) is 18.4 Å². The van der Waals surface area contributed by atoms with Crippen molar-refractivity contribution in [1.82, 2.24) is 0 Å². The molecule has 0 aromatic heterocycles. The summed E-state index contributed by atoms with van der Waals surface area (Å²) >= 11 is 5.97. The molecule has 1 aliphatic heterocycles. The van der Waals surface area contributed by atoms with Crippen LogP contribution in [0.2, 0.25) is 5.02 Å². The molecule has 3 aromatic carbocycles. The van der Waals surface area contributed by atoms with Gasteiger partial charge in [-0.15, -0.1) is 0 Å². The summed E-state index contributed by atoms with van der Waals surface area (Å²) in [5.41, 5.74) is 2.41. The summed E-state index contributed by atoms with van der Waals surface area (Å²) in [6.45, 7) is 0.312. The minimum Gasteiger partial charge on any atom is -0.497 e. The lowest BCUT2D eigenvalue weighted by Crippen LogP contribution is -2.38. The second-order valence-electron chi connectivity index (χ2n) is 7.13. The zero-order chi connectivity index (χ0) is 22.7. The molecule has 0 fully saturated rings. The molecule has 2 amide bonds. The Balaban J connectivity index is 1.59. The van der Waals surface area contributed by atoms with E-state index >= 15 is 0 Å². The van der Waals surface area contributed by atoms with Gasteiger partial charge in [-0.05, 0) is 48.0 Å². The Kier molecular flexibility index (Phi) is 6.18. The van der Waals surface area contributed by atoms with Gasteiger partial charge in [0.1, 0.15) is 17.2 Å². The third-order valence-corrected chi connectivity index (χ3v) is 5.28. The smallest absolute Gasteiger partial charge is 0.265 e. The molecular formula is C24H21ClN2O5. The largest absolute Gasteiger partial charge is 0.497 e. The van der Waals surface area contributed by atoms with Crippen molar-refractivity contribution in [2.45, 2.75) is 6.54 Å². The van der Waals surface area contributed by atoms with Crippen molar-refractivity contribution in [3.05, 3.63) is 76.8 Å². The van der Waals surface area contributed by atoms with Gasteiger partial charge in [-0.2, -0.15) is 0 Å². The summed E-state index contributed by atoms with van der Waals surface area (Å²) in [7, 11) is 3.04. The predicted octanol–water partition coefficient (Wildman–Crippen LogP) is 4.54. The Morgan fingerprint density at radius 3 is 2.38 bits per heavy atom. The molecule has 0 unspecified atom stereocenters. The second kappa shape index (κ2) is 9.20. The number of benzene rings is 3. The molecule has 0 saturated heterocycles. The van der Waals surface area contributed by atoms with E-state index in [2.05, 4.69) is 5.32 Å². The van der Waals surface area contributed by atoms with Crippen LogP contribution in [0.1, 0.15) is 15.9 Å². The summed E-state index contributed by atoms with van der Waals surface area (Å²) in [6, 6.07) is 17.4. The second-order valence-corrected chi connectivity index (χ2v) is 7.57. The summed E-state index contributed by atoms with van der Waals surface area (Å²) in [6.07, 6.45) is 0. The highest BCUT2D eigenvalue weighted by Crippen LogP contribution is 2.36. The lowest BCUT2D eigenvalue weighted by Gasteiger charge is -2.30. The lowest BCUT2D eigenvalue weighted by atomic mass is 10.1. The highest BCUT2D eigenvalue weighted by Gasteiger charge is 2.26. The van der Waals surface area contributed by atoms with E-state index in [9.17, 15) is 9.59 Å². The fourth-order valence-electron chi connectivity index (χ4n) is 3.37. The van der Waals surface area contributed by atoms with E-state index in [0.29, 0.717) is 45.8 Å². The number of hydrogen-bond acceptors (Lipinski definition) is 5. The van der Waals surface area contributed by atoms with Gasteiger partial charge in [-0.1, -0.05) is 23.7 Å². The van der Waals surface area contributed by atoms with Crippen molar-refractivity contribution < 1.29 is 23.8 Å². The standard InChI is InChI=1S/C24H21ClN2O5/c1-30-19-9-16(10-20(12-19)31-2)24(29)26-18-7-8-22-21(11-18)27(23(28)14-32-22)13-15-3-5-17(25)6-4-15/h3-12H,13-14H2,1-2H3,(H,26,29). The van der Waals surface area contributed by atoms with Gasteiger partial charge in [0.05, 0.1) is 26.5 Å². The van der Waals surface area contributed by atoms with Gasteiger partial charge in [-0.25, -0.2) is 0 Å². The highest BCUT2D eigenvalue weighted by molar-refractivity contribution is 6.30. The van der Waals surface area contributed by atoms with E-state index in [1.54, 1.807) is 53.4 Å². The number of amides is 2. The number of fused-ring (bicyclic) bond motifs is 1. The molecule has 0 saturated carbocycles. The van der Waals surface area contributed by atoms with E-state index in [1.165, 1.54) is 14.2 Å². The predicted molar refractivity (Wildman–Crippen MR) is 122 cm³/mol. The van der Waals surface area contributed by atoms with Crippen molar-refractivity contribution in [2.75, 3.05) is 31.0 Å². The molecule has 0 atom stereocenters. The normalized spacial score (nSPS) is 12.6. The molecule has 8 heteroatoms. The van der Waals surface area contributed by atoms with Crippen LogP contribution in [0.4, 0.5) is 11.4 Å². The van der Waals surface area contributed by atoms with Crippen LogP contribution in [0.3, 0.4) is 0 Å². The van der Waals surface area contributed by atoms with Gasteiger partial charge in [0.25, 0.3) is 11.8 Å². The monoisotopic (exact) mass is 452 g/mol. The molecule has 0 bridgehead atoms. The van der Waals surface area contributed by atoms with Crippen LogP contribution in [0.5, 0.6) is 17.2 Å². The summed E-state index contributed by atoms with van der Waals surface area (Å²) < 4.78 is 16.0. The molecular weight excluding hydrogens is 432 g/mol. The van der Waals surface area contributed by atoms with E-state index in [0.717, 1.165) is 5.56 Å². The molecule has 32 heavy (non-hydrogen) atoms. The van der Waals surface area contributed by atoms with Crippen molar-refractivity contribution in [2.24, 2.45) is 0 Å². The van der Waals surface area contributed by atoms with Crippen LogP contribution in [-0.2, 0) is 11.3 Å². The SMILES string of the molecule is COc1cc(OC)cc(C(=O)Nc2ccc3c(c2)N(Cc2ccc(Cl)cc2)C(=O)CO3)c1. The Bertz CT molecular complexity index is 1140. The van der Waals surface area contributed by atoms with Crippen LogP contribution in [0.25, 0.3) is 0 Å². The van der Waals surface area contributed by atoms with Gasteiger partial charge in [0, 0.05) is 22.3 Å². The minimum atomic E-state index is -0.338. The number of halogens is 1. The molecule has 4 rings (SSSR count). The van der Waals surface area contributed by atoms with Crippen molar-refractivity contribution in [3.63, 3.8) is 0 Å². The topological polar surface area (TPSA) is 77.1 Å². The maximum Gasteiger partial charge on any atom is 0.265 e.